The second kappa shape index (κ2) is 7.11. The highest BCUT2D eigenvalue weighted by Gasteiger charge is 2.27. The fourth-order valence-electron chi connectivity index (χ4n) is 2.62. The molecule has 1 N–H and O–H groups in total. The van der Waals surface area contributed by atoms with Crippen LogP contribution in [0.2, 0.25) is 0 Å². The van der Waals surface area contributed by atoms with E-state index in [0.29, 0.717) is 18.6 Å². The molecule has 1 fully saturated rings. The van der Waals surface area contributed by atoms with Crippen molar-refractivity contribution in [2.75, 3.05) is 33.3 Å². The van der Waals surface area contributed by atoms with E-state index in [1.54, 1.807) is 12.1 Å². The molecule has 3 nitrogen and oxygen atoms in total. The summed E-state index contributed by atoms with van der Waals surface area (Å²) in [6, 6.07) is 4.29. The van der Waals surface area contributed by atoms with Crippen molar-refractivity contribution in [1.82, 2.24) is 10.2 Å². The Morgan fingerprint density at radius 2 is 2.25 bits per heavy atom. The predicted molar refractivity (Wildman–Crippen MR) is 74.8 cm³/mol. The monoisotopic (exact) mass is 284 g/mol. The van der Waals surface area contributed by atoms with Crippen LogP contribution in [-0.2, 0) is 11.2 Å². The van der Waals surface area contributed by atoms with E-state index in [1.165, 1.54) is 0 Å². The van der Waals surface area contributed by atoms with Crippen LogP contribution in [0.3, 0.4) is 0 Å². The van der Waals surface area contributed by atoms with Gasteiger partial charge in [-0.25, -0.2) is 8.78 Å². The Bertz CT molecular complexity index is 442. The van der Waals surface area contributed by atoms with Crippen molar-refractivity contribution in [1.29, 1.82) is 0 Å². The van der Waals surface area contributed by atoms with Crippen molar-refractivity contribution in [3.8, 4) is 0 Å². The van der Waals surface area contributed by atoms with Gasteiger partial charge in [0.05, 0.1) is 12.7 Å². The standard InChI is InChI=1S/C15H22F2N2O/c1-3-19-7-8-20-14(10-19)13(18-2)9-11-5-4-6-12(16)15(11)17/h4-6,13-14,18H,3,7-10H2,1-2H3. The molecule has 5 heteroatoms. The van der Waals surface area contributed by atoms with E-state index < -0.39 is 11.6 Å². The number of rotatable bonds is 5. The van der Waals surface area contributed by atoms with Gasteiger partial charge in [-0.15, -0.1) is 0 Å². The molecule has 0 radical (unpaired) electrons. The SMILES string of the molecule is CCN1CCOC(C(Cc2cccc(F)c2F)NC)C1. The summed E-state index contributed by atoms with van der Waals surface area (Å²) >= 11 is 0. The van der Waals surface area contributed by atoms with Crippen LogP contribution >= 0.6 is 0 Å². The fraction of sp³-hybridized carbons (Fsp3) is 0.600. The lowest BCUT2D eigenvalue weighted by molar-refractivity contribution is -0.0437. The minimum atomic E-state index is -0.794. The summed E-state index contributed by atoms with van der Waals surface area (Å²) in [7, 11) is 1.83. The van der Waals surface area contributed by atoms with Crippen LogP contribution in [0, 0.1) is 11.6 Å². The van der Waals surface area contributed by atoms with Crippen LogP contribution < -0.4 is 5.32 Å². The molecule has 0 spiro atoms. The Morgan fingerprint density at radius 3 is 2.95 bits per heavy atom. The molecule has 1 heterocycles. The molecule has 2 unspecified atom stereocenters. The van der Waals surface area contributed by atoms with Gasteiger partial charge in [-0.3, -0.25) is 4.90 Å². The minimum absolute atomic E-state index is 0.00336. The van der Waals surface area contributed by atoms with Crippen LogP contribution in [0.25, 0.3) is 0 Å². The van der Waals surface area contributed by atoms with Crippen LogP contribution in [0.15, 0.2) is 18.2 Å². The van der Waals surface area contributed by atoms with Gasteiger partial charge < -0.3 is 10.1 Å². The summed E-state index contributed by atoms with van der Waals surface area (Å²) in [6.07, 6.45) is 0.416. The first-order valence-corrected chi connectivity index (χ1v) is 7.09. The number of benzene rings is 1. The summed E-state index contributed by atoms with van der Waals surface area (Å²) < 4.78 is 32.8. The summed E-state index contributed by atoms with van der Waals surface area (Å²) in [4.78, 5) is 2.31. The van der Waals surface area contributed by atoms with Crippen LogP contribution in [0.1, 0.15) is 12.5 Å². The van der Waals surface area contributed by atoms with E-state index in [9.17, 15) is 8.78 Å². The highest BCUT2D eigenvalue weighted by atomic mass is 19.2. The maximum atomic E-state index is 13.8. The van der Waals surface area contributed by atoms with Gasteiger partial charge in [0.1, 0.15) is 0 Å². The molecule has 0 aliphatic carbocycles. The molecule has 0 aromatic heterocycles. The summed E-state index contributed by atoms with van der Waals surface area (Å²) in [6.45, 7) is 5.52. The number of nitrogens with zero attached hydrogens (tertiary/aromatic N) is 1. The molecule has 0 amide bonds. The lowest BCUT2D eigenvalue weighted by Crippen LogP contribution is -2.52. The Balaban J connectivity index is 2.06. The molecule has 1 aromatic carbocycles. The summed E-state index contributed by atoms with van der Waals surface area (Å²) in [5.41, 5.74) is 0.390. The molecule has 20 heavy (non-hydrogen) atoms. The number of nitrogens with one attached hydrogen (secondary N) is 1. The third-order valence-electron chi connectivity index (χ3n) is 3.92. The van der Waals surface area contributed by atoms with Gasteiger partial charge in [0.15, 0.2) is 11.6 Å². The van der Waals surface area contributed by atoms with Crippen molar-refractivity contribution < 1.29 is 13.5 Å². The van der Waals surface area contributed by atoms with E-state index in [4.69, 9.17) is 4.74 Å². The average molecular weight is 284 g/mol. The molecule has 112 valence electrons. The zero-order chi connectivity index (χ0) is 14.5. The minimum Gasteiger partial charge on any atom is -0.374 e. The Kier molecular flexibility index (Phi) is 5.46. The lowest BCUT2D eigenvalue weighted by atomic mass is 9.99. The number of ether oxygens (including phenoxy) is 1. The Hall–Kier alpha value is -1.04. The number of hydrogen-bond acceptors (Lipinski definition) is 3. The zero-order valence-electron chi connectivity index (χ0n) is 12.0. The first-order chi connectivity index (χ1) is 9.65. The molecular formula is C15H22F2N2O. The first kappa shape index (κ1) is 15.4. The van der Waals surface area contributed by atoms with Gasteiger partial charge in [0.25, 0.3) is 0 Å². The lowest BCUT2D eigenvalue weighted by Gasteiger charge is -2.36. The number of likely N-dealkylation sites (N-methyl/N-ethyl adjacent to an activating group) is 2. The normalized spacial score (nSPS) is 21.9. The zero-order valence-corrected chi connectivity index (χ0v) is 12.0. The molecule has 1 saturated heterocycles. The fourth-order valence-corrected chi connectivity index (χ4v) is 2.62. The molecule has 0 saturated carbocycles. The van der Waals surface area contributed by atoms with Crippen LogP contribution in [-0.4, -0.2) is 50.3 Å². The smallest absolute Gasteiger partial charge is 0.162 e. The molecule has 2 atom stereocenters. The number of morpholine rings is 1. The van der Waals surface area contributed by atoms with E-state index in [2.05, 4.69) is 17.1 Å². The number of halogens is 2. The molecule has 1 aromatic rings. The third kappa shape index (κ3) is 3.53. The maximum Gasteiger partial charge on any atom is 0.162 e. The average Bonchev–Trinajstić information content (AvgIpc) is 2.49. The van der Waals surface area contributed by atoms with E-state index in [0.717, 1.165) is 25.7 Å². The van der Waals surface area contributed by atoms with E-state index in [-0.39, 0.29) is 12.1 Å². The highest BCUT2D eigenvalue weighted by Crippen LogP contribution is 2.17. The predicted octanol–water partition coefficient (Wildman–Crippen LogP) is 1.82. The van der Waals surface area contributed by atoms with Crippen molar-refractivity contribution in [3.05, 3.63) is 35.4 Å². The van der Waals surface area contributed by atoms with Crippen molar-refractivity contribution in [2.24, 2.45) is 0 Å². The summed E-state index contributed by atoms with van der Waals surface area (Å²) in [5.74, 6) is -1.55. The molecule has 2 rings (SSSR count). The van der Waals surface area contributed by atoms with Gasteiger partial charge in [-0.05, 0) is 31.6 Å². The van der Waals surface area contributed by atoms with Gasteiger partial charge in [0, 0.05) is 19.1 Å². The van der Waals surface area contributed by atoms with Gasteiger partial charge in [-0.2, -0.15) is 0 Å². The highest BCUT2D eigenvalue weighted by molar-refractivity contribution is 5.20. The largest absolute Gasteiger partial charge is 0.374 e. The second-order valence-electron chi connectivity index (χ2n) is 5.11. The number of hydrogen-bond donors (Lipinski definition) is 1. The van der Waals surface area contributed by atoms with Crippen molar-refractivity contribution >= 4 is 0 Å². The van der Waals surface area contributed by atoms with Crippen LogP contribution in [0.5, 0.6) is 0 Å². The van der Waals surface area contributed by atoms with Gasteiger partial charge in [-0.1, -0.05) is 19.1 Å². The molecule has 0 bridgehead atoms. The Labute approximate surface area is 118 Å². The van der Waals surface area contributed by atoms with Crippen molar-refractivity contribution in [2.45, 2.75) is 25.5 Å². The molecule has 1 aliphatic rings. The maximum absolute atomic E-state index is 13.8. The molecule has 1 aliphatic heterocycles. The summed E-state index contributed by atoms with van der Waals surface area (Å²) in [5, 5.41) is 3.17. The third-order valence-corrected chi connectivity index (χ3v) is 3.92. The van der Waals surface area contributed by atoms with Gasteiger partial charge in [0.2, 0.25) is 0 Å². The second-order valence-corrected chi connectivity index (χ2v) is 5.11. The van der Waals surface area contributed by atoms with Crippen molar-refractivity contribution in [3.63, 3.8) is 0 Å². The quantitative estimate of drug-likeness (QED) is 0.892. The topological polar surface area (TPSA) is 24.5 Å². The molecular weight excluding hydrogens is 262 g/mol. The van der Waals surface area contributed by atoms with E-state index >= 15 is 0 Å². The van der Waals surface area contributed by atoms with Gasteiger partial charge >= 0.3 is 0 Å². The first-order valence-electron chi connectivity index (χ1n) is 7.09. The van der Waals surface area contributed by atoms with E-state index in [1.807, 2.05) is 7.05 Å². The Morgan fingerprint density at radius 1 is 1.45 bits per heavy atom. The van der Waals surface area contributed by atoms with Crippen LogP contribution in [0.4, 0.5) is 8.78 Å².